The number of likely N-dealkylation sites (tertiary alicyclic amines) is 1. The van der Waals surface area contributed by atoms with E-state index in [9.17, 15) is 9.90 Å². The SMILES string of the molecule is O=C1C(=Cc2cccs2)Oc2c1ccc(O)c2CN1CCCC1. The summed E-state index contributed by atoms with van der Waals surface area (Å²) in [6.07, 6.45) is 4.13. The third kappa shape index (κ3) is 2.66. The summed E-state index contributed by atoms with van der Waals surface area (Å²) in [5, 5.41) is 12.2. The zero-order valence-corrected chi connectivity index (χ0v) is 13.4. The first kappa shape index (κ1) is 14.5. The molecule has 23 heavy (non-hydrogen) atoms. The summed E-state index contributed by atoms with van der Waals surface area (Å²) >= 11 is 1.56. The van der Waals surface area contributed by atoms with Crippen molar-refractivity contribution in [3.05, 3.63) is 51.4 Å². The summed E-state index contributed by atoms with van der Waals surface area (Å²) in [6, 6.07) is 7.13. The lowest BCUT2D eigenvalue weighted by Gasteiger charge is -2.17. The summed E-state index contributed by atoms with van der Waals surface area (Å²) in [6.45, 7) is 2.67. The van der Waals surface area contributed by atoms with E-state index in [-0.39, 0.29) is 11.5 Å². The van der Waals surface area contributed by atoms with E-state index in [0.717, 1.165) is 18.0 Å². The molecule has 0 radical (unpaired) electrons. The highest BCUT2D eigenvalue weighted by molar-refractivity contribution is 7.10. The minimum Gasteiger partial charge on any atom is -0.507 e. The number of hydrogen-bond acceptors (Lipinski definition) is 5. The van der Waals surface area contributed by atoms with Gasteiger partial charge >= 0.3 is 0 Å². The van der Waals surface area contributed by atoms with Gasteiger partial charge in [0, 0.05) is 17.5 Å². The zero-order valence-electron chi connectivity index (χ0n) is 12.6. The predicted octanol–water partition coefficient (Wildman–Crippen LogP) is 3.67. The number of Topliss-reactive ketones (excluding diaryl/α,β-unsaturated/α-hetero) is 1. The number of ether oxygens (including phenoxy) is 1. The van der Waals surface area contributed by atoms with Gasteiger partial charge in [0.25, 0.3) is 0 Å². The Balaban J connectivity index is 1.69. The maximum atomic E-state index is 12.5. The maximum absolute atomic E-state index is 12.5. The lowest BCUT2D eigenvalue weighted by atomic mass is 10.0. The highest BCUT2D eigenvalue weighted by Crippen LogP contribution is 2.40. The van der Waals surface area contributed by atoms with Crippen molar-refractivity contribution in [1.82, 2.24) is 4.90 Å². The van der Waals surface area contributed by atoms with Crippen molar-refractivity contribution in [1.29, 1.82) is 0 Å². The van der Waals surface area contributed by atoms with Gasteiger partial charge in [-0.15, -0.1) is 11.3 Å². The van der Waals surface area contributed by atoms with Crippen LogP contribution in [-0.4, -0.2) is 28.9 Å². The van der Waals surface area contributed by atoms with Crippen molar-refractivity contribution in [2.24, 2.45) is 0 Å². The van der Waals surface area contributed by atoms with Crippen LogP contribution in [0.3, 0.4) is 0 Å². The number of thiophene rings is 1. The van der Waals surface area contributed by atoms with Crippen LogP contribution in [0.15, 0.2) is 35.4 Å². The van der Waals surface area contributed by atoms with Gasteiger partial charge in [0.2, 0.25) is 5.78 Å². The van der Waals surface area contributed by atoms with Gasteiger partial charge in [-0.1, -0.05) is 6.07 Å². The van der Waals surface area contributed by atoms with Gasteiger partial charge in [-0.25, -0.2) is 0 Å². The third-order valence-electron chi connectivity index (χ3n) is 4.31. The van der Waals surface area contributed by atoms with E-state index >= 15 is 0 Å². The van der Waals surface area contributed by atoms with Crippen LogP contribution in [-0.2, 0) is 6.54 Å². The largest absolute Gasteiger partial charge is 0.507 e. The molecular weight excluding hydrogens is 310 g/mol. The second kappa shape index (κ2) is 5.83. The fourth-order valence-corrected chi connectivity index (χ4v) is 3.76. The average molecular weight is 327 g/mol. The van der Waals surface area contributed by atoms with Gasteiger partial charge in [0.1, 0.15) is 11.5 Å². The molecule has 0 amide bonds. The highest BCUT2D eigenvalue weighted by Gasteiger charge is 2.32. The second-order valence-electron chi connectivity index (χ2n) is 5.88. The summed E-state index contributed by atoms with van der Waals surface area (Å²) in [7, 11) is 0. The molecule has 2 aromatic rings. The Bertz CT molecular complexity index is 774. The molecule has 1 aromatic heterocycles. The summed E-state index contributed by atoms with van der Waals surface area (Å²) in [5.41, 5.74) is 1.26. The number of rotatable bonds is 3. The zero-order chi connectivity index (χ0) is 15.8. The number of aromatic hydroxyl groups is 1. The molecule has 2 aliphatic rings. The average Bonchev–Trinajstić information content (AvgIpc) is 3.27. The number of carbonyl (C=O) groups is 1. The van der Waals surface area contributed by atoms with Crippen LogP contribution in [0.1, 0.15) is 33.6 Å². The first-order chi connectivity index (χ1) is 11.2. The van der Waals surface area contributed by atoms with E-state index in [1.54, 1.807) is 29.5 Å². The minimum absolute atomic E-state index is 0.115. The van der Waals surface area contributed by atoms with Crippen LogP contribution in [0.2, 0.25) is 0 Å². The fourth-order valence-electron chi connectivity index (χ4n) is 3.12. The van der Waals surface area contributed by atoms with Gasteiger partial charge in [-0.2, -0.15) is 0 Å². The highest BCUT2D eigenvalue weighted by atomic mass is 32.1. The summed E-state index contributed by atoms with van der Waals surface area (Å²) in [5.74, 6) is 0.928. The molecule has 0 atom stereocenters. The molecule has 0 saturated carbocycles. The standard InChI is InChI=1S/C18H17NO3S/c20-15-6-5-13-17(21)16(10-12-4-3-9-23-12)22-18(13)14(15)11-19-7-1-2-8-19/h3-6,9-10,20H,1-2,7-8,11H2. The number of nitrogens with zero attached hydrogens (tertiary/aromatic N) is 1. The van der Waals surface area contributed by atoms with Crippen LogP contribution < -0.4 is 4.74 Å². The van der Waals surface area contributed by atoms with E-state index in [1.165, 1.54) is 12.8 Å². The molecule has 1 saturated heterocycles. The Kier molecular flexibility index (Phi) is 3.67. The van der Waals surface area contributed by atoms with E-state index in [0.29, 0.717) is 29.2 Å². The van der Waals surface area contributed by atoms with Gasteiger partial charge < -0.3 is 9.84 Å². The summed E-state index contributed by atoms with van der Waals surface area (Å²) in [4.78, 5) is 15.8. The second-order valence-corrected chi connectivity index (χ2v) is 6.86. The maximum Gasteiger partial charge on any atom is 0.232 e. The molecule has 0 spiro atoms. The number of allylic oxidation sites excluding steroid dienone is 1. The van der Waals surface area contributed by atoms with Crippen LogP contribution in [0.25, 0.3) is 6.08 Å². The Morgan fingerprint density at radius 2 is 2.09 bits per heavy atom. The Morgan fingerprint density at radius 1 is 1.26 bits per heavy atom. The Labute approximate surface area is 138 Å². The molecule has 0 aliphatic carbocycles. The number of ketones is 1. The first-order valence-electron chi connectivity index (χ1n) is 7.77. The lowest BCUT2D eigenvalue weighted by molar-refractivity contribution is 0.101. The minimum atomic E-state index is -0.115. The number of hydrogen-bond donors (Lipinski definition) is 1. The molecule has 1 aromatic carbocycles. The molecule has 2 aliphatic heterocycles. The quantitative estimate of drug-likeness (QED) is 0.874. The molecule has 1 fully saturated rings. The summed E-state index contributed by atoms with van der Waals surface area (Å²) < 4.78 is 5.85. The van der Waals surface area contributed by atoms with E-state index < -0.39 is 0 Å². The molecular formula is C18H17NO3S. The number of phenolic OH excluding ortho intramolecular Hbond substituents is 1. The normalized spacial score (nSPS) is 19.3. The molecule has 4 rings (SSSR count). The number of fused-ring (bicyclic) bond motifs is 1. The number of phenols is 1. The van der Waals surface area contributed by atoms with Gasteiger partial charge in [0.05, 0.1) is 11.1 Å². The Morgan fingerprint density at radius 3 is 2.83 bits per heavy atom. The predicted molar refractivity (Wildman–Crippen MR) is 89.9 cm³/mol. The molecule has 5 heteroatoms. The molecule has 118 valence electrons. The van der Waals surface area contributed by atoms with Crippen molar-refractivity contribution < 1.29 is 14.6 Å². The van der Waals surface area contributed by atoms with E-state index in [1.807, 2.05) is 17.5 Å². The van der Waals surface area contributed by atoms with Crippen LogP contribution in [0, 0.1) is 0 Å². The smallest absolute Gasteiger partial charge is 0.232 e. The van der Waals surface area contributed by atoms with Crippen molar-refractivity contribution in [3.8, 4) is 11.5 Å². The molecule has 0 bridgehead atoms. The monoisotopic (exact) mass is 327 g/mol. The molecule has 1 N–H and O–H groups in total. The molecule has 3 heterocycles. The fraction of sp³-hybridized carbons (Fsp3) is 0.278. The van der Waals surface area contributed by atoms with Crippen LogP contribution in [0.5, 0.6) is 11.5 Å². The first-order valence-corrected chi connectivity index (χ1v) is 8.65. The van der Waals surface area contributed by atoms with E-state index in [2.05, 4.69) is 4.90 Å². The van der Waals surface area contributed by atoms with Crippen molar-refractivity contribution in [3.63, 3.8) is 0 Å². The molecule has 4 nitrogen and oxygen atoms in total. The van der Waals surface area contributed by atoms with Crippen molar-refractivity contribution in [2.45, 2.75) is 19.4 Å². The molecule has 0 unspecified atom stereocenters. The van der Waals surface area contributed by atoms with Crippen LogP contribution >= 0.6 is 11.3 Å². The van der Waals surface area contributed by atoms with Gasteiger partial charge in [0.15, 0.2) is 5.76 Å². The number of carbonyl (C=O) groups excluding carboxylic acids is 1. The number of benzene rings is 1. The third-order valence-corrected chi connectivity index (χ3v) is 5.13. The Hall–Kier alpha value is -2.11. The van der Waals surface area contributed by atoms with Gasteiger partial charge in [-0.05, 0) is 49.5 Å². The topological polar surface area (TPSA) is 49.8 Å². The lowest BCUT2D eigenvalue weighted by Crippen LogP contribution is -2.18. The van der Waals surface area contributed by atoms with E-state index in [4.69, 9.17) is 4.74 Å². The van der Waals surface area contributed by atoms with Gasteiger partial charge in [-0.3, -0.25) is 9.69 Å². The van der Waals surface area contributed by atoms with Crippen molar-refractivity contribution >= 4 is 23.2 Å². The van der Waals surface area contributed by atoms with Crippen LogP contribution in [0.4, 0.5) is 0 Å². The van der Waals surface area contributed by atoms with Crippen molar-refractivity contribution in [2.75, 3.05) is 13.1 Å².